The van der Waals surface area contributed by atoms with Crippen LogP contribution in [0.15, 0.2) is 77.7 Å². The van der Waals surface area contributed by atoms with Crippen LogP contribution in [0.25, 0.3) is 0 Å². The number of allylic oxidation sites excluding steroid dienone is 2. The first-order valence-corrected chi connectivity index (χ1v) is 12.5. The summed E-state index contributed by atoms with van der Waals surface area (Å²) in [6, 6.07) is 19.9. The summed E-state index contributed by atoms with van der Waals surface area (Å²) in [6.07, 6.45) is 5.44. The minimum Gasteiger partial charge on any atom is -0.378 e. The van der Waals surface area contributed by atoms with Gasteiger partial charge in [0.1, 0.15) is 0 Å². The number of hydrogen-bond acceptors (Lipinski definition) is 3. The summed E-state index contributed by atoms with van der Waals surface area (Å²) in [7, 11) is -3.68. The van der Waals surface area contributed by atoms with Crippen molar-refractivity contribution in [1.82, 2.24) is 0 Å². The zero-order valence-electron chi connectivity index (χ0n) is 18.6. The summed E-state index contributed by atoms with van der Waals surface area (Å²) in [5.41, 5.74) is 7.36. The van der Waals surface area contributed by atoms with Crippen LogP contribution in [0.5, 0.6) is 0 Å². The molecule has 1 aliphatic heterocycles. The lowest BCUT2D eigenvalue weighted by atomic mass is 9.77. The Labute approximate surface area is 190 Å². The highest BCUT2D eigenvalue weighted by Gasteiger charge is 2.38. The Hall–Kier alpha value is -3.05. The van der Waals surface area contributed by atoms with Crippen molar-refractivity contribution >= 4 is 21.4 Å². The molecule has 0 unspecified atom stereocenters. The van der Waals surface area contributed by atoms with Crippen molar-refractivity contribution in [2.24, 2.45) is 5.92 Å². The van der Waals surface area contributed by atoms with Gasteiger partial charge in [0.2, 0.25) is 0 Å². The molecule has 3 aromatic rings. The molecule has 0 fully saturated rings. The number of fused-ring (bicyclic) bond motifs is 3. The molecule has 164 valence electrons. The number of sulfonamides is 1. The average molecular weight is 445 g/mol. The fraction of sp³-hybridized carbons (Fsp3) is 0.259. The predicted molar refractivity (Wildman–Crippen MR) is 131 cm³/mol. The molecular weight excluding hydrogens is 416 g/mol. The lowest BCUT2D eigenvalue weighted by Gasteiger charge is -2.37. The second-order valence-electron chi connectivity index (χ2n) is 9.04. The molecule has 0 saturated carbocycles. The van der Waals surface area contributed by atoms with E-state index in [-0.39, 0.29) is 12.0 Å². The molecule has 0 radical (unpaired) electrons. The maximum absolute atomic E-state index is 13.1. The van der Waals surface area contributed by atoms with Gasteiger partial charge in [-0.1, -0.05) is 48.0 Å². The highest BCUT2D eigenvalue weighted by Crippen LogP contribution is 2.50. The van der Waals surface area contributed by atoms with Gasteiger partial charge in [0.15, 0.2) is 0 Å². The van der Waals surface area contributed by atoms with Crippen molar-refractivity contribution in [3.05, 3.63) is 101 Å². The molecule has 0 bridgehead atoms. The van der Waals surface area contributed by atoms with Crippen LogP contribution in [0.1, 0.15) is 46.2 Å². The Morgan fingerprint density at radius 3 is 2.56 bits per heavy atom. The van der Waals surface area contributed by atoms with E-state index in [4.69, 9.17) is 0 Å². The molecule has 4 nitrogen and oxygen atoms in total. The SMILES string of the molecule is Cc1cccc([C@H]2Nc3ccc(S(=O)(=O)Nc4ccc(C)c(C)c4)cc3[C@H]3C=CC[C@H]32)c1. The van der Waals surface area contributed by atoms with Gasteiger partial charge in [-0.05, 0) is 85.7 Å². The van der Waals surface area contributed by atoms with Crippen LogP contribution in [0.3, 0.4) is 0 Å². The third kappa shape index (κ3) is 3.71. The summed E-state index contributed by atoms with van der Waals surface area (Å²) in [6.45, 7) is 6.11. The van der Waals surface area contributed by atoms with Crippen LogP contribution in [-0.2, 0) is 10.0 Å². The van der Waals surface area contributed by atoms with Crippen LogP contribution in [0.2, 0.25) is 0 Å². The predicted octanol–water partition coefficient (Wildman–Crippen LogP) is 6.24. The summed E-state index contributed by atoms with van der Waals surface area (Å²) in [5.74, 6) is 0.573. The Morgan fingerprint density at radius 2 is 1.78 bits per heavy atom. The number of rotatable bonds is 4. The molecule has 32 heavy (non-hydrogen) atoms. The summed E-state index contributed by atoms with van der Waals surface area (Å²) in [5, 5.41) is 3.70. The second kappa shape index (κ2) is 7.82. The molecule has 2 aliphatic rings. The minimum atomic E-state index is -3.68. The van der Waals surface area contributed by atoms with E-state index in [1.807, 2.05) is 44.2 Å². The lowest BCUT2D eigenvalue weighted by Crippen LogP contribution is -2.29. The van der Waals surface area contributed by atoms with Gasteiger partial charge in [-0.2, -0.15) is 0 Å². The Morgan fingerprint density at radius 1 is 0.938 bits per heavy atom. The van der Waals surface area contributed by atoms with Gasteiger partial charge in [-0.3, -0.25) is 4.72 Å². The first-order valence-electron chi connectivity index (χ1n) is 11.1. The molecule has 3 atom stereocenters. The fourth-order valence-corrected chi connectivity index (χ4v) is 6.04. The summed E-state index contributed by atoms with van der Waals surface area (Å²) in [4.78, 5) is 0.296. The van der Waals surface area contributed by atoms with Gasteiger partial charge in [-0.25, -0.2) is 8.42 Å². The van der Waals surface area contributed by atoms with E-state index in [1.165, 1.54) is 11.1 Å². The quantitative estimate of drug-likeness (QED) is 0.468. The minimum absolute atomic E-state index is 0.202. The Balaban J connectivity index is 1.49. The topological polar surface area (TPSA) is 58.2 Å². The highest BCUT2D eigenvalue weighted by atomic mass is 32.2. The second-order valence-corrected chi connectivity index (χ2v) is 10.7. The monoisotopic (exact) mass is 444 g/mol. The maximum Gasteiger partial charge on any atom is 0.261 e. The maximum atomic E-state index is 13.1. The van der Waals surface area contributed by atoms with Gasteiger partial charge >= 0.3 is 0 Å². The fourth-order valence-electron chi connectivity index (χ4n) is 4.95. The van der Waals surface area contributed by atoms with Crippen LogP contribution < -0.4 is 10.0 Å². The first-order chi connectivity index (χ1) is 15.3. The first kappa shape index (κ1) is 20.8. The van der Waals surface area contributed by atoms with E-state index < -0.39 is 10.0 Å². The van der Waals surface area contributed by atoms with Crippen molar-refractivity contribution < 1.29 is 8.42 Å². The highest BCUT2D eigenvalue weighted by molar-refractivity contribution is 7.92. The van der Waals surface area contributed by atoms with Crippen LogP contribution >= 0.6 is 0 Å². The van der Waals surface area contributed by atoms with Crippen molar-refractivity contribution in [3.8, 4) is 0 Å². The van der Waals surface area contributed by atoms with Crippen LogP contribution in [-0.4, -0.2) is 8.42 Å². The summed E-state index contributed by atoms with van der Waals surface area (Å²) >= 11 is 0. The number of nitrogens with one attached hydrogen (secondary N) is 2. The Bertz CT molecular complexity index is 1330. The zero-order valence-corrected chi connectivity index (χ0v) is 19.4. The van der Waals surface area contributed by atoms with Crippen LogP contribution in [0, 0.1) is 26.7 Å². The van der Waals surface area contributed by atoms with E-state index in [0.29, 0.717) is 16.5 Å². The van der Waals surface area contributed by atoms with Crippen LogP contribution in [0.4, 0.5) is 11.4 Å². The van der Waals surface area contributed by atoms with E-state index >= 15 is 0 Å². The van der Waals surface area contributed by atoms with Crippen molar-refractivity contribution in [1.29, 1.82) is 0 Å². The molecule has 1 heterocycles. The molecule has 0 saturated heterocycles. The smallest absolute Gasteiger partial charge is 0.261 e. The molecule has 5 heteroatoms. The average Bonchev–Trinajstić information content (AvgIpc) is 3.25. The summed E-state index contributed by atoms with van der Waals surface area (Å²) < 4.78 is 29.0. The largest absolute Gasteiger partial charge is 0.378 e. The number of hydrogen-bond donors (Lipinski definition) is 2. The van der Waals surface area contributed by atoms with E-state index in [0.717, 1.165) is 28.8 Å². The molecular formula is C27H28N2O2S. The number of aryl methyl sites for hydroxylation is 3. The van der Waals surface area contributed by atoms with Crippen molar-refractivity contribution in [2.75, 3.05) is 10.0 Å². The van der Waals surface area contributed by atoms with E-state index in [2.05, 4.69) is 53.4 Å². The van der Waals surface area contributed by atoms with Gasteiger partial charge in [-0.15, -0.1) is 0 Å². The van der Waals surface area contributed by atoms with Gasteiger partial charge in [0.25, 0.3) is 10.0 Å². The Kier molecular flexibility index (Phi) is 5.09. The van der Waals surface area contributed by atoms with E-state index in [1.54, 1.807) is 6.07 Å². The molecule has 0 amide bonds. The molecule has 0 aromatic heterocycles. The zero-order chi connectivity index (χ0) is 22.5. The van der Waals surface area contributed by atoms with E-state index in [9.17, 15) is 8.42 Å². The molecule has 2 N–H and O–H groups in total. The van der Waals surface area contributed by atoms with Crippen molar-refractivity contribution in [2.45, 2.75) is 44.0 Å². The molecule has 5 rings (SSSR count). The molecule has 0 spiro atoms. The third-order valence-corrected chi connectivity index (χ3v) is 8.18. The van der Waals surface area contributed by atoms with Gasteiger partial charge in [0.05, 0.1) is 10.9 Å². The number of anilines is 2. The van der Waals surface area contributed by atoms with Gasteiger partial charge < -0.3 is 5.32 Å². The molecule has 3 aromatic carbocycles. The van der Waals surface area contributed by atoms with Gasteiger partial charge in [0, 0.05) is 17.3 Å². The molecule has 1 aliphatic carbocycles. The van der Waals surface area contributed by atoms with Crippen molar-refractivity contribution in [3.63, 3.8) is 0 Å². The normalized spacial score (nSPS) is 21.5. The standard InChI is InChI=1S/C27H28N2O2S/c1-17-6-4-7-20(14-17)27-24-9-5-8-23(24)25-16-22(12-13-26(25)28-27)32(30,31)29-21-11-10-18(2)19(3)15-21/h4-8,10-16,23-24,27-29H,9H2,1-3H3/t23-,24+,27+/m0/s1. The lowest BCUT2D eigenvalue weighted by molar-refractivity contribution is 0.425. The third-order valence-electron chi connectivity index (χ3n) is 6.80. The number of benzene rings is 3.